The standard InChI is InChI=1S/C13H17N5O2/c1-15-10-2-4-11(5-3-10)17-13-12(18(19)20)6-9(7-14)8-16-13/h6,8,10-11,15H,2-5H2,1H3,(H,16,17). The number of aromatic nitrogens is 1. The second kappa shape index (κ2) is 6.30. The van der Waals surface area contributed by atoms with Crippen molar-refractivity contribution in [3.63, 3.8) is 0 Å². The lowest BCUT2D eigenvalue weighted by Gasteiger charge is -2.28. The number of anilines is 1. The Morgan fingerprint density at radius 2 is 2.05 bits per heavy atom. The van der Waals surface area contributed by atoms with Crippen LogP contribution < -0.4 is 10.6 Å². The van der Waals surface area contributed by atoms with Gasteiger partial charge in [-0.3, -0.25) is 10.1 Å². The van der Waals surface area contributed by atoms with Gasteiger partial charge in [-0.1, -0.05) is 0 Å². The van der Waals surface area contributed by atoms with Gasteiger partial charge in [0.15, 0.2) is 0 Å². The van der Waals surface area contributed by atoms with Gasteiger partial charge in [0.05, 0.1) is 10.5 Å². The third-order valence-electron chi connectivity index (χ3n) is 3.67. The molecule has 2 N–H and O–H groups in total. The van der Waals surface area contributed by atoms with Crippen molar-refractivity contribution in [2.75, 3.05) is 12.4 Å². The molecule has 0 radical (unpaired) electrons. The van der Waals surface area contributed by atoms with E-state index in [2.05, 4.69) is 15.6 Å². The number of nitriles is 1. The van der Waals surface area contributed by atoms with Gasteiger partial charge in [0.2, 0.25) is 5.82 Å². The summed E-state index contributed by atoms with van der Waals surface area (Å²) < 4.78 is 0. The summed E-state index contributed by atoms with van der Waals surface area (Å²) in [6, 6.07) is 3.84. The summed E-state index contributed by atoms with van der Waals surface area (Å²) in [4.78, 5) is 14.5. The summed E-state index contributed by atoms with van der Waals surface area (Å²) in [6.07, 6.45) is 5.33. The lowest BCUT2D eigenvalue weighted by Crippen LogP contribution is -2.35. The Hall–Kier alpha value is -2.20. The van der Waals surface area contributed by atoms with E-state index in [0.29, 0.717) is 6.04 Å². The van der Waals surface area contributed by atoms with Gasteiger partial charge in [0.25, 0.3) is 0 Å². The molecule has 1 fully saturated rings. The third-order valence-corrected chi connectivity index (χ3v) is 3.67. The van der Waals surface area contributed by atoms with Gasteiger partial charge >= 0.3 is 5.69 Å². The summed E-state index contributed by atoms with van der Waals surface area (Å²) in [6.45, 7) is 0. The van der Waals surface area contributed by atoms with E-state index in [1.807, 2.05) is 13.1 Å². The van der Waals surface area contributed by atoms with Crippen LogP contribution in [0.2, 0.25) is 0 Å². The van der Waals surface area contributed by atoms with E-state index in [1.54, 1.807) is 0 Å². The van der Waals surface area contributed by atoms with Crippen LogP contribution in [0.3, 0.4) is 0 Å². The van der Waals surface area contributed by atoms with Crippen LogP contribution in [0.4, 0.5) is 11.5 Å². The zero-order valence-electron chi connectivity index (χ0n) is 11.3. The lowest BCUT2D eigenvalue weighted by atomic mass is 9.91. The maximum atomic E-state index is 11.0. The van der Waals surface area contributed by atoms with Gasteiger partial charge in [0, 0.05) is 24.3 Å². The fraction of sp³-hybridized carbons (Fsp3) is 0.538. The molecule has 0 aromatic carbocycles. The van der Waals surface area contributed by atoms with E-state index in [1.165, 1.54) is 12.3 Å². The van der Waals surface area contributed by atoms with E-state index in [0.717, 1.165) is 25.7 Å². The van der Waals surface area contributed by atoms with Gasteiger partial charge in [-0.05, 0) is 32.7 Å². The predicted octanol–water partition coefficient (Wildman–Crippen LogP) is 1.80. The Kier molecular flexibility index (Phi) is 4.48. The van der Waals surface area contributed by atoms with Crippen molar-refractivity contribution in [2.45, 2.75) is 37.8 Å². The van der Waals surface area contributed by atoms with E-state index >= 15 is 0 Å². The van der Waals surface area contributed by atoms with Crippen LogP contribution in [-0.2, 0) is 0 Å². The topological polar surface area (TPSA) is 104 Å². The first kappa shape index (κ1) is 14.2. The third kappa shape index (κ3) is 3.22. The van der Waals surface area contributed by atoms with E-state index in [-0.39, 0.29) is 23.1 Å². The summed E-state index contributed by atoms with van der Waals surface area (Å²) in [7, 11) is 1.95. The number of pyridine rings is 1. The molecular weight excluding hydrogens is 258 g/mol. The zero-order chi connectivity index (χ0) is 14.5. The van der Waals surface area contributed by atoms with Crippen molar-refractivity contribution in [1.29, 1.82) is 5.26 Å². The first-order valence-electron chi connectivity index (χ1n) is 6.62. The summed E-state index contributed by atoms with van der Waals surface area (Å²) >= 11 is 0. The average Bonchev–Trinajstić information content (AvgIpc) is 2.48. The molecule has 0 aliphatic heterocycles. The van der Waals surface area contributed by atoms with Crippen LogP contribution in [0.1, 0.15) is 31.2 Å². The second-order valence-electron chi connectivity index (χ2n) is 4.94. The van der Waals surface area contributed by atoms with Crippen molar-refractivity contribution in [2.24, 2.45) is 0 Å². The molecule has 106 valence electrons. The minimum absolute atomic E-state index is 0.139. The molecule has 2 rings (SSSR count). The fourth-order valence-corrected chi connectivity index (χ4v) is 2.48. The highest BCUT2D eigenvalue weighted by molar-refractivity contribution is 5.58. The number of hydrogen-bond donors (Lipinski definition) is 2. The second-order valence-corrected chi connectivity index (χ2v) is 4.94. The Bertz CT molecular complexity index is 532. The maximum absolute atomic E-state index is 11.0. The molecule has 1 saturated carbocycles. The summed E-state index contributed by atoms with van der Waals surface area (Å²) in [5.74, 6) is 0.252. The van der Waals surface area contributed by atoms with Gasteiger partial charge in [-0.15, -0.1) is 0 Å². The number of nitrogens with one attached hydrogen (secondary N) is 2. The van der Waals surface area contributed by atoms with Gasteiger partial charge in [-0.25, -0.2) is 4.98 Å². The van der Waals surface area contributed by atoms with Crippen LogP contribution in [0.25, 0.3) is 0 Å². The van der Waals surface area contributed by atoms with Crippen molar-refractivity contribution < 1.29 is 4.92 Å². The number of nitrogens with zero attached hydrogens (tertiary/aromatic N) is 3. The zero-order valence-corrected chi connectivity index (χ0v) is 11.3. The molecule has 0 spiro atoms. The van der Waals surface area contributed by atoms with Crippen LogP contribution in [0.15, 0.2) is 12.3 Å². The normalized spacial score (nSPS) is 22.0. The molecule has 0 bridgehead atoms. The van der Waals surface area contributed by atoms with Gasteiger partial charge < -0.3 is 10.6 Å². The Morgan fingerprint density at radius 1 is 1.40 bits per heavy atom. The molecule has 7 nitrogen and oxygen atoms in total. The van der Waals surface area contributed by atoms with Crippen LogP contribution in [0, 0.1) is 21.4 Å². The molecule has 0 unspecified atom stereocenters. The minimum atomic E-state index is -0.505. The summed E-state index contributed by atoms with van der Waals surface area (Å²) in [5.41, 5.74) is 0.0564. The van der Waals surface area contributed by atoms with E-state index in [4.69, 9.17) is 5.26 Å². The highest BCUT2D eigenvalue weighted by Gasteiger charge is 2.23. The molecule has 1 aromatic heterocycles. The Labute approximate surface area is 117 Å². The molecule has 1 aromatic rings. The SMILES string of the molecule is CNC1CCC(Nc2ncc(C#N)cc2[N+](=O)[O-])CC1. The number of nitro groups is 1. The molecule has 1 aliphatic carbocycles. The van der Waals surface area contributed by atoms with E-state index in [9.17, 15) is 10.1 Å². The lowest BCUT2D eigenvalue weighted by molar-refractivity contribution is -0.384. The molecule has 20 heavy (non-hydrogen) atoms. The number of hydrogen-bond acceptors (Lipinski definition) is 6. The maximum Gasteiger partial charge on any atom is 0.312 e. The smallest absolute Gasteiger partial charge is 0.312 e. The van der Waals surface area contributed by atoms with Crippen molar-refractivity contribution in [3.05, 3.63) is 27.9 Å². The van der Waals surface area contributed by atoms with Crippen molar-refractivity contribution in [1.82, 2.24) is 10.3 Å². The first-order chi connectivity index (χ1) is 9.63. The highest BCUT2D eigenvalue weighted by Crippen LogP contribution is 2.27. The van der Waals surface area contributed by atoms with Crippen LogP contribution in [0.5, 0.6) is 0 Å². The molecule has 7 heteroatoms. The predicted molar refractivity (Wildman–Crippen MR) is 74.3 cm³/mol. The first-order valence-corrected chi connectivity index (χ1v) is 6.62. The van der Waals surface area contributed by atoms with Gasteiger partial charge in [0.1, 0.15) is 6.07 Å². The molecule has 1 aliphatic rings. The highest BCUT2D eigenvalue weighted by atomic mass is 16.6. The monoisotopic (exact) mass is 275 g/mol. The van der Waals surface area contributed by atoms with Crippen molar-refractivity contribution >= 4 is 11.5 Å². The van der Waals surface area contributed by atoms with Crippen LogP contribution >= 0.6 is 0 Å². The van der Waals surface area contributed by atoms with E-state index < -0.39 is 4.92 Å². The Morgan fingerprint density at radius 3 is 2.60 bits per heavy atom. The Balaban J connectivity index is 2.10. The number of rotatable bonds is 4. The van der Waals surface area contributed by atoms with Gasteiger partial charge in [-0.2, -0.15) is 5.26 Å². The molecule has 0 saturated heterocycles. The fourth-order valence-electron chi connectivity index (χ4n) is 2.48. The van der Waals surface area contributed by atoms with Crippen molar-refractivity contribution in [3.8, 4) is 6.07 Å². The molecule has 1 heterocycles. The minimum Gasteiger partial charge on any atom is -0.362 e. The van der Waals surface area contributed by atoms with Crippen LogP contribution in [-0.4, -0.2) is 29.0 Å². The largest absolute Gasteiger partial charge is 0.362 e. The molecular formula is C13H17N5O2. The quantitative estimate of drug-likeness (QED) is 0.641. The average molecular weight is 275 g/mol. The molecule has 0 amide bonds. The molecule has 0 atom stereocenters. The summed E-state index contributed by atoms with van der Waals surface area (Å²) in [5, 5.41) is 26.2.